The molecule has 0 aromatic heterocycles. The second-order valence-electron chi connectivity index (χ2n) is 10.0. The standard InChI is InChI=1S/C28H28N4O4/c33-27-25-20-8-9-21(17-20)26(25)28(34)31(27)22-10-11-23(24(18-22)32(35)36)30-15-13-29(14-16-30)12-4-7-19-5-2-1-3-6-19/h1-11,18,20-21,25-26H,12-17H2/b7-4+/t20-,21-,25-,26+/m0/s1. The van der Waals surface area contributed by atoms with Crippen molar-refractivity contribution in [3.63, 3.8) is 0 Å². The lowest BCUT2D eigenvalue weighted by Gasteiger charge is -2.35. The molecule has 184 valence electrons. The van der Waals surface area contributed by atoms with Crippen LogP contribution < -0.4 is 9.80 Å². The number of amides is 2. The number of hydrogen-bond acceptors (Lipinski definition) is 6. The zero-order valence-electron chi connectivity index (χ0n) is 19.9. The molecule has 4 atom stereocenters. The lowest BCUT2D eigenvalue weighted by molar-refractivity contribution is -0.384. The van der Waals surface area contributed by atoms with Crippen molar-refractivity contribution >= 4 is 35.0 Å². The van der Waals surface area contributed by atoms with Gasteiger partial charge < -0.3 is 4.90 Å². The van der Waals surface area contributed by atoms with Crippen LogP contribution in [-0.2, 0) is 9.59 Å². The monoisotopic (exact) mass is 484 g/mol. The summed E-state index contributed by atoms with van der Waals surface area (Å²) in [5, 5.41) is 12.0. The third-order valence-electron chi connectivity index (χ3n) is 8.07. The van der Waals surface area contributed by atoms with Crippen molar-refractivity contribution in [3.05, 3.63) is 82.4 Å². The van der Waals surface area contributed by atoms with Crippen molar-refractivity contribution in [1.29, 1.82) is 0 Å². The molecular formula is C28H28N4O4. The number of hydrogen-bond donors (Lipinski definition) is 0. The number of fused-ring (bicyclic) bond motifs is 5. The Morgan fingerprint density at radius 1 is 0.917 bits per heavy atom. The van der Waals surface area contributed by atoms with E-state index in [-0.39, 0.29) is 41.2 Å². The first kappa shape index (κ1) is 22.7. The Kier molecular flexibility index (Phi) is 5.68. The lowest BCUT2D eigenvalue weighted by atomic mass is 9.85. The highest BCUT2D eigenvalue weighted by atomic mass is 16.6. The van der Waals surface area contributed by atoms with Crippen molar-refractivity contribution in [2.45, 2.75) is 6.42 Å². The van der Waals surface area contributed by atoms with Gasteiger partial charge in [0.1, 0.15) is 5.69 Å². The number of rotatable bonds is 6. The van der Waals surface area contributed by atoms with E-state index in [2.05, 4.69) is 29.2 Å². The molecule has 2 saturated heterocycles. The summed E-state index contributed by atoms with van der Waals surface area (Å²) >= 11 is 0. The van der Waals surface area contributed by atoms with Gasteiger partial charge in [0.05, 0.1) is 22.4 Å². The summed E-state index contributed by atoms with van der Waals surface area (Å²) in [6, 6.07) is 14.9. The average Bonchev–Trinajstić information content (AvgIpc) is 3.58. The predicted octanol–water partition coefficient (Wildman–Crippen LogP) is 3.74. The molecule has 2 bridgehead atoms. The van der Waals surface area contributed by atoms with Gasteiger partial charge in [0.25, 0.3) is 5.69 Å². The van der Waals surface area contributed by atoms with Gasteiger partial charge in [-0.25, -0.2) is 4.90 Å². The summed E-state index contributed by atoms with van der Waals surface area (Å²) in [4.78, 5) is 43.4. The molecule has 36 heavy (non-hydrogen) atoms. The van der Waals surface area contributed by atoms with E-state index in [1.807, 2.05) is 35.3 Å². The number of carbonyl (C=O) groups excluding carboxylic acids is 2. The average molecular weight is 485 g/mol. The second-order valence-corrected chi connectivity index (χ2v) is 10.0. The molecule has 0 spiro atoms. The SMILES string of the molecule is O=C1[C@@H]2[C@H](C(=O)N1c1ccc(N3CCN(C/C=C/c4ccccc4)CC3)c([N+](=O)[O-])c1)[C@H]1C=C[C@H]2C1. The van der Waals surface area contributed by atoms with Crippen LogP contribution in [0.2, 0.25) is 0 Å². The highest BCUT2D eigenvalue weighted by Gasteiger charge is 2.59. The third kappa shape index (κ3) is 3.82. The summed E-state index contributed by atoms with van der Waals surface area (Å²) in [5.74, 6) is -0.878. The van der Waals surface area contributed by atoms with Gasteiger partial charge in [0, 0.05) is 38.8 Å². The van der Waals surface area contributed by atoms with E-state index < -0.39 is 4.92 Å². The van der Waals surface area contributed by atoms with Gasteiger partial charge in [-0.3, -0.25) is 24.6 Å². The van der Waals surface area contributed by atoms with Gasteiger partial charge in [0.2, 0.25) is 11.8 Å². The Labute approximate surface area is 209 Å². The van der Waals surface area contributed by atoms with E-state index in [9.17, 15) is 19.7 Å². The molecule has 0 radical (unpaired) electrons. The first-order valence-corrected chi connectivity index (χ1v) is 12.5. The molecule has 6 rings (SSSR count). The number of anilines is 2. The number of nitro groups is 1. The predicted molar refractivity (Wildman–Crippen MR) is 137 cm³/mol. The maximum atomic E-state index is 13.1. The van der Waals surface area contributed by atoms with Gasteiger partial charge in [0.15, 0.2) is 0 Å². The summed E-state index contributed by atoms with van der Waals surface area (Å²) < 4.78 is 0. The molecule has 2 aromatic rings. The van der Waals surface area contributed by atoms with Gasteiger partial charge in [-0.15, -0.1) is 0 Å². The molecule has 2 amide bonds. The Morgan fingerprint density at radius 3 is 2.22 bits per heavy atom. The molecule has 2 aliphatic heterocycles. The third-order valence-corrected chi connectivity index (χ3v) is 8.07. The van der Waals surface area contributed by atoms with Crippen molar-refractivity contribution in [2.75, 3.05) is 42.5 Å². The van der Waals surface area contributed by atoms with Crippen molar-refractivity contribution in [1.82, 2.24) is 4.90 Å². The number of piperazine rings is 1. The Morgan fingerprint density at radius 2 is 1.58 bits per heavy atom. The Balaban J connectivity index is 1.15. The van der Waals surface area contributed by atoms with Crippen LogP contribution in [0.15, 0.2) is 66.8 Å². The van der Waals surface area contributed by atoms with E-state index in [1.54, 1.807) is 12.1 Å². The van der Waals surface area contributed by atoms with Crippen molar-refractivity contribution in [2.24, 2.45) is 23.7 Å². The molecule has 4 aliphatic rings. The topological polar surface area (TPSA) is 87.0 Å². The molecule has 2 aliphatic carbocycles. The minimum Gasteiger partial charge on any atom is -0.363 e. The number of imide groups is 1. The van der Waals surface area contributed by atoms with E-state index in [4.69, 9.17) is 0 Å². The highest BCUT2D eigenvalue weighted by Crippen LogP contribution is 2.53. The van der Waals surface area contributed by atoms with Gasteiger partial charge in [-0.1, -0.05) is 54.6 Å². The Bertz CT molecular complexity index is 1240. The molecule has 0 unspecified atom stereocenters. The molecule has 0 N–H and O–H groups in total. The van der Waals surface area contributed by atoms with Crippen LogP contribution in [0, 0.1) is 33.8 Å². The zero-order chi connectivity index (χ0) is 24.8. The largest absolute Gasteiger partial charge is 0.363 e. The fourth-order valence-corrected chi connectivity index (χ4v) is 6.29. The molecule has 3 fully saturated rings. The fourth-order valence-electron chi connectivity index (χ4n) is 6.29. The van der Waals surface area contributed by atoms with Crippen LogP contribution in [0.5, 0.6) is 0 Å². The summed E-state index contributed by atoms with van der Waals surface area (Å²) in [6.45, 7) is 3.74. The molecule has 2 aromatic carbocycles. The highest BCUT2D eigenvalue weighted by molar-refractivity contribution is 6.23. The molecule has 8 heteroatoms. The summed E-state index contributed by atoms with van der Waals surface area (Å²) in [7, 11) is 0. The van der Waals surface area contributed by atoms with E-state index >= 15 is 0 Å². The normalized spacial score (nSPS) is 27.4. The van der Waals surface area contributed by atoms with Gasteiger partial charge >= 0.3 is 0 Å². The minimum atomic E-state index is -0.412. The lowest BCUT2D eigenvalue weighted by Crippen LogP contribution is -2.46. The van der Waals surface area contributed by atoms with Crippen LogP contribution in [-0.4, -0.2) is 54.4 Å². The number of allylic oxidation sites excluding steroid dienone is 2. The number of nitro benzene ring substituents is 1. The van der Waals surface area contributed by atoms with Crippen LogP contribution in [0.4, 0.5) is 17.1 Å². The van der Waals surface area contributed by atoms with Gasteiger partial charge in [-0.05, 0) is 36.0 Å². The van der Waals surface area contributed by atoms with E-state index in [0.717, 1.165) is 31.6 Å². The maximum Gasteiger partial charge on any atom is 0.294 e. The maximum absolute atomic E-state index is 13.1. The molecule has 1 saturated carbocycles. The van der Waals surface area contributed by atoms with E-state index in [0.29, 0.717) is 24.5 Å². The smallest absolute Gasteiger partial charge is 0.294 e. The quantitative estimate of drug-likeness (QED) is 0.269. The number of carbonyl (C=O) groups is 2. The minimum absolute atomic E-state index is 0.0660. The van der Waals surface area contributed by atoms with Crippen molar-refractivity contribution in [3.8, 4) is 0 Å². The number of nitrogens with zero attached hydrogens (tertiary/aromatic N) is 4. The van der Waals surface area contributed by atoms with Crippen LogP contribution >= 0.6 is 0 Å². The summed E-state index contributed by atoms with van der Waals surface area (Å²) in [5.41, 5.74) is 1.93. The van der Waals surface area contributed by atoms with Crippen molar-refractivity contribution < 1.29 is 14.5 Å². The Hall–Kier alpha value is -3.78. The summed E-state index contributed by atoms with van der Waals surface area (Å²) in [6.07, 6.45) is 9.19. The molecule has 8 nitrogen and oxygen atoms in total. The molecule has 2 heterocycles. The zero-order valence-corrected chi connectivity index (χ0v) is 19.9. The number of benzene rings is 2. The van der Waals surface area contributed by atoms with E-state index in [1.165, 1.54) is 11.0 Å². The van der Waals surface area contributed by atoms with Crippen LogP contribution in [0.1, 0.15) is 12.0 Å². The fraction of sp³-hybridized carbons (Fsp3) is 0.357. The van der Waals surface area contributed by atoms with Crippen LogP contribution in [0.25, 0.3) is 6.08 Å². The van der Waals surface area contributed by atoms with Crippen LogP contribution in [0.3, 0.4) is 0 Å². The van der Waals surface area contributed by atoms with Gasteiger partial charge in [-0.2, -0.15) is 0 Å². The first-order valence-electron chi connectivity index (χ1n) is 12.5. The first-order chi connectivity index (χ1) is 17.5. The molecular weight excluding hydrogens is 456 g/mol. The second kappa shape index (κ2) is 9.02.